The summed E-state index contributed by atoms with van der Waals surface area (Å²) in [4.78, 5) is 0. The minimum Gasteiger partial charge on any atom is -0.488 e. The molecular weight excluding hydrogens is 202 g/mol. The van der Waals surface area contributed by atoms with Crippen molar-refractivity contribution >= 4 is 0 Å². The van der Waals surface area contributed by atoms with Gasteiger partial charge in [-0.2, -0.15) is 0 Å². The average molecular weight is 221 g/mol. The summed E-state index contributed by atoms with van der Waals surface area (Å²) in [5.74, 6) is 0.949. The number of aryl methyl sites for hydroxylation is 1. The fourth-order valence-electron chi connectivity index (χ4n) is 2.01. The van der Waals surface area contributed by atoms with Gasteiger partial charge < -0.3 is 15.6 Å². The summed E-state index contributed by atoms with van der Waals surface area (Å²) in [5.41, 5.74) is 7.89. The Labute approximate surface area is 96.2 Å². The third-order valence-electron chi connectivity index (χ3n) is 3.09. The molecule has 0 radical (unpaired) electrons. The zero-order chi connectivity index (χ0) is 11.8. The van der Waals surface area contributed by atoms with Gasteiger partial charge in [-0.05, 0) is 43.9 Å². The lowest BCUT2D eigenvalue weighted by molar-refractivity contribution is 0.0846. The van der Waals surface area contributed by atoms with E-state index in [1.54, 1.807) is 0 Å². The van der Waals surface area contributed by atoms with Crippen LogP contribution < -0.4 is 10.5 Å². The Kier molecular flexibility index (Phi) is 2.91. The van der Waals surface area contributed by atoms with Gasteiger partial charge >= 0.3 is 0 Å². The number of hydrogen-bond acceptors (Lipinski definition) is 3. The molecule has 0 aromatic heterocycles. The first-order chi connectivity index (χ1) is 7.52. The van der Waals surface area contributed by atoms with Crippen LogP contribution in [-0.4, -0.2) is 17.3 Å². The first-order valence-electron chi connectivity index (χ1n) is 5.70. The van der Waals surface area contributed by atoms with Crippen molar-refractivity contribution in [3.05, 3.63) is 29.3 Å². The van der Waals surface area contributed by atoms with E-state index >= 15 is 0 Å². The smallest absolute Gasteiger partial charge is 0.123 e. The highest BCUT2D eigenvalue weighted by atomic mass is 16.5. The second kappa shape index (κ2) is 4.07. The molecule has 1 heterocycles. The van der Waals surface area contributed by atoms with E-state index in [0.717, 1.165) is 24.2 Å². The van der Waals surface area contributed by atoms with Gasteiger partial charge in [0.25, 0.3) is 0 Å². The molecule has 0 unspecified atom stereocenters. The van der Waals surface area contributed by atoms with Crippen LogP contribution >= 0.6 is 0 Å². The van der Waals surface area contributed by atoms with Crippen LogP contribution in [0.5, 0.6) is 5.75 Å². The minimum atomic E-state index is -0.291. The van der Waals surface area contributed by atoms with Crippen molar-refractivity contribution in [2.45, 2.75) is 38.3 Å². The zero-order valence-corrected chi connectivity index (χ0v) is 9.86. The average Bonchev–Trinajstić information content (AvgIpc) is 2.26. The number of ether oxygens (including phenoxy) is 1. The van der Waals surface area contributed by atoms with E-state index in [0.29, 0.717) is 0 Å². The first kappa shape index (κ1) is 11.4. The van der Waals surface area contributed by atoms with Gasteiger partial charge in [0.15, 0.2) is 0 Å². The number of aliphatic hydroxyl groups excluding tert-OH is 1. The summed E-state index contributed by atoms with van der Waals surface area (Å²) in [6.45, 7) is 4.18. The summed E-state index contributed by atoms with van der Waals surface area (Å²) in [6.07, 6.45) is 2.02. The minimum absolute atomic E-state index is 0.0227. The monoisotopic (exact) mass is 221 g/mol. The topological polar surface area (TPSA) is 55.5 Å². The Hall–Kier alpha value is -1.06. The second-order valence-electron chi connectivity index (χ2n) is 5.02. The van der Waals surface area contributed by atoms with E-state index in [4.69, 9.17) is 15.6 Å². The molecule has 3 nitrogen and oxygen atoms in total. The van der Waals surface area contributed by atoms with E-state index in [9.17, 15) is 0 Å². The molecule has 1 aromatic carbocycles. The molecule has 3 heteroatoms. The molecule has 1 aromatic rings. The van der Waals surface area contributed by atoms with Crippen LogP contribution in [0.1, 0.15) is 37.4 Å². The summed E-state index contributed by atoms with van der Waals surface area (Å²) in [6, 6.07) is 5.65. The van der Waals surface area contributed by atoms with Crippen LogP contribution in [0.2, 0.25) is 0 Å². The van der Waals surface area contributed by atoms with Crippen molar-refractivity contribution in [1.82, 2.24) is 0 Å². The molecule has 0 amide bonds. The Bertz CT molecular complexity index is 388. The van der Waals surface area contributed by atoms with E-state index in [1.807, 2.05) is 18.2 Å². The Balaban J connectivity index is 2.28. The number of rotatable bonds is 2. The van der Waals surface area contributed by atoms with Crippen LogP contribution in [0.4, 0.5) is 0 Å². The first-order valence-corrected chi connectivity index (χ1v) is 5.70. The highest BCUT2D eigenvalue weighted by molar-refractivity contribution is 5.40. The van der Waals surface area contributed by atoms with Crippen molar-refractivity contribution in [2.75, 3.05) is 6.61 Å². The lowest BCUT2D eigenvalue weighted by atomic mass is 9.92. The molecule has 1 aliphatic rings. The van der Waals surface area contributed by atoms with Gasteiger partial charge in [-0.25, -0.2) is 0 Å². The van der Waals surface area contributed by atoms with Crippen LogP contribution in [0.25, 0.3) is 0 Å². The molecule has 0 saturated heterocycles. The molecule has 0 bridgehead atoms. The molecule has 2 rings (SSSR count). The van der Waals surface area contributed by atoms with E-state index in [2.05, 4.69) is 13.8 Å². The van der Waals surface area contributed by atoms with Gasteiger partial charge in [0.2, 0.25) is 0 Å². The quantitative estimate of drug-likeness (QED) is 0.800. The van der Waals surface area contributed by atoms with Crippen molar-refractivity contribution in [1.29, 1.82) is 0 Å². The Morgan fingerprint density at radius 3 is 2.94 bits per heavy atom. The maximum Gasteiger partial charge on any atom is 0.123 e. The number of benzene rings is 1. The van der Waals surface area contributed by atoms with Crippen molar-refractivity contribution in [3.63, 3.8) is 0 Å². The molecule has 0 saturated carbocycles. The third-order valence-corrected chi connectivity index (χ3v) is 3.09. The lowest BCUT2D eigenvalue weighted by Gasteiger charge is -2.33. The molecule has 0 spiro atoms. The largest absolute Gasteiger partial charge is 0.488 e. The van der Waals surface area contributed by atoms with Gasteiger partial charge in [-0.1, -0.05) is 12.1 Å². The molecule has 1 aliphatic heterocycles. The van der Waals surface area contributed by atoms with Crippen molar-refractivity contribution in [2.24, 2.45) is 5.73 Å². The standard InChI is InChI=1S/C13H19NO2/c1-13(2)6-5-10-7-9(11(14)8-15)3-4-12(10)16-13/h3-4,7,11,15H,5-6,8,14H2,1-2H3/t11-/m1/s1. The SMILES string of the molecule is CC1(C)CCc2cc([C@H](N)CO)ccc2O1. The van der Waals surface area contributed by atoms with Gasteiger partial charge in [0, 0.05) is 0 Å². The number of hydrogen-bond donors (Lipinski definition) is 2. The molecule has 0 fully saturated rings. The normalized spacial score (nSPS) is 19.8. The molecular formula is C13H19NO2. The molecule has 16 heavy (non-hydrogen) atoms. The van der Waals surface area contributed by atoms with Crippen molar-refractivity contribution < 1.29 is 9.84 Å². The fraction of sp³-hybridized carbons (Fsp3) is 0.538. The number of nitrogens with two attached hydrogens (primary N) is 1. The van der Waals surface area contributed by atoms with Crippen molar-refractivity contribution in [3.8, 4) is 5.75 Å². The Morgan fingerprint density at radius 1 is 1.50 bits per heavy atom. The van der Waals surface area contributed by atoms with E-state index in [1.165, 1.54) is 5.56 Å². The Morgan fingerprint density at radius 2 is 2.25 bits per heavy atom. The predicted molar refractivity (Wildman–Crippen MR) is 63.5 cm³/mol. The maximum absolute atomic E-state index is 9.02. The zero-order valence-electron chi connectivity index (χ0n) is 9.86. The van der Waals surface area contributed by atoms with Gasteiger partial charge in [0.1, 0.15) is 11.4 Å². The van der Waals surface area contributed by atoms with Gasteiger partial charge in [-0.15, -0.1) is 0 Å². The number of fused-ring (bicyclic) bond motifs is 1. The van der Waals surface area contributed by atoms with E-state index < -0.39 is 0 Å². The summed E-state index contributed by atoms with van der Waals surface area (Å²) >= 11 is 0. The highest BCUT2D eigenvalue weighted by Gasteiger charge is 2.26. The summed E-state index contributed by atoms with van der Waals surface area (Å²) in [7, 11) is 0. The van der Waals surface area contributed by atoms with E-state index in [-0.39, 0.29) is 18.2 Å². The third kappa shape index (κ3) is 2.20. The van der Waals surface area contributed by atoms with Gasteiger partial charge in [-0.3, -0.25) is 0 Å². The molecule has 3 N–H and O–H groups in total. The van der Waals surface area contributed by atoms with Crippen LogP contribution in [0.15, 0.2) is 18.2 Å². The molecule has 1 atom stereocenters. The molecule has 88 valence electrons. The summed E-state index contributed by atoms with van der Waals surface area (Å²) < 4.78 is 5.88. The van der Waals surface area contributed by atoms with Crippen LogP contribution in [0.3, 0.4) is 0 Å². The predicted octanol–water partition coefficient (Wildman–Crippen LogP) is 1.78. The second-order valence-corrected chi connectivity index (χ2v) is 5.02. The van der Waals surface area contributed by atoms with Crippen LogP contribution in [-0.2, 0) is 6.42 Å². The molecule has 0 aliphatic carbocycles. The van der Waals surface area contributed by atoms with Crippen LogP contribution in [0, 0.1) is 0 Å². The number of aliphatic hydroxyl groups is 1. The van der Waals surface area contributed by atoms with Gasteiger partial charge in [0.05, 0.1) is 12.6 Å². The lowest BCUT2D eigenvalue weighted by Crippen LogP contribution is -2.32. The maximum atomic E-state index is 9.02. The fourth-order valence-corrected chi connectivity index (χ4v) is 2.01. The summed E-state index contributed by atoms with van der Waals surface area (Å²) in [5, 5.41) is 9.02. The highest BCUT2D eigenvalue weighted by Crippen LogP contribution is 2.34.